The molecule has 2 fully saturated rings. The highest BCUT2D eigenvalue weighted by atomic mass is 16.5. The number of ether oxygens (including phenoxy) is 1. The third kappa shape index (κ3) is 4.56. The van der Waals surface area contributed by atoms with Gasteiger partial charge in [0.15, 0.2) is 0 Å². The molecular formula is C25H36N2O3. The molecule has 2 aromatic heterocycles. The van der Waals surface area contributed by atoms with Gasteiger partial charge in [-0.15, -0.1) is 0 Å². The van der Waals surface area contributed by atoms with Gasteiger partial charge in [0.2, 0.25) is 0 Å². The number of hydrogen-bond acceptors (Lipinski definition) is 4. The minimum absolute atomic E-state index is 0.200. The van der Waals surface area contributed by atoms with Crippen LogP contribution in [0.5, 0.6) is 5.75 Å². The maximum absolute atomic E-state index is 12.5. The Hall–Kier alpha value is -1.88. The van der Waals surface area contributed by atoms with Crippen LogP contribution in [0, 0.1) is 5.92 Å². The number of Topliss-reactive ketones (excluding diaryl/α,β-unsaturated/α-hetero) is 1. The standard InChI is InChI=1S/C25H36N2O3/c1-25(29,19-10-3-4-11-19)17-20(28)12-5-6-13-22-24(18-8-7-9-18)23-16-21(30-2)14-15-27(23)26-22/h14-16,18-19,29H,3-13,17H2,1-2H3. The molecular weight excluding hydrogens is 376 g/mol. The number of pyridine rings is 1. The van der Waals surface area contributed by atoms with E-state index in [-0.39, 0.29) is 5.78 Å². The van der Waals surface area contributed by atoms with Crippen LogP contribution < -0.4 is 4.74 Å². The maximum Gasteiger partial charge on any atom is 0.135 e. The van der Waals surface area contributed by atoms with Crippen molar-refractivity contribution in [3.05, 3.63) is 29.6 Å². The Balaban J connectivity index is 1.34. The summed E-state index contributed by atoms with van der Waals surface area (Å²) in [7, 11) is 1.70. The van der Waals surface area contributed by atoms with Crippen LogP contribution in [0.15, 0.2) is 18.3 Å². The maximum atomic E-state index is 12.5. The van der Waals surface area contributed by atoms with Crippen LogP contribution in [0.1, 0.15) is 94.7 Å². The number of rotatable bonds is 10. The van der Waals surface area contributed by atoms with Crippen LogP contribution in [-0.4, -0.2) is 33.2 Å². The van der Waals surface area contributed by atoms with Gasteiger partial charge in [-0.3, -0.25) is 4.79 Å². The van der Waals surface area contributed by atoms with Gasteiger partial charge >= 0.3 is 0 Å². The number of ketones is 1. The van der Waals surface area contributed by atoms with Gasteiger partial charge in [0.1, 0.15) is 11.5 Å². The van der Waals surface area contributed by atoms with Crippen LogP contribution in [-0.2, 0) is 11.2 Å². The lowest BCUT2D eigenvalue weighted by Gasteiger charge is -2.29. The number of carbonyl (C=O) groups excluding carboxylic acids is 1. The molecule has 0 radical (unpaired) electrons. The van der Waals surface area contributed by atoms with Gasteiger partial charge in [-0.2, -0.15) is 5.10 Å². The van der Waals surface area contributed by atoms with E-state index < -0.39 is 5.60 Å². The molecule has 2 aromatic rings. The van der Waals surface area contributed by atoms with E-state index in [4.69, 9.17) is 9.84 Å². The van der Waals surface area contributed by atoms with E-state index in [0.29, 0.717) is 24.7 Å². The molecule has 1 N–H and O–H groups in total. The zero-order chi connectivity index (χ0) is 21.1. The number of hydrogen-bond donors (Lipinski definition) is 1. The van der Waals surface area contributed by atoms with Gasteiger partial charge in [-0.25, -0.2) is 4.52 Å². The molecule has 0 saturated heterocycles. The molecule has 2 heterocycles. The average molecular weight is 413 g/mol. The fourth-order valence-electron chi connectivity index (χ4n) is 5.34. The molecule has 0 aliphatic heterocycles. The molecule has 4 rings (SSSR count). The second-order valence-electron chi connectivity index (χ2n) is 9.65. The van der Waals surface area contributed by atoms with Crippen molar-refractivity contribution in [1.82, 2.24) is 9.61 Å². The summed E-state index contributed by atoms with van der Waals surface area (Å²) in [6, 6.07) is 4.04. The van der Waals surface area contributed by atoms with E-state index in [1.54, 1.807) is 7.11 Å². The summed E-state index contributed by atoms with van der Waals surface area (Å²) in [6.45, 7) is 1.86. The number of aryl methyl sites for hydroxylation is 1. The first kappa shape index (κ1) is 21.4. The molecule has 0 aromatic carbocycles. The Morgan fingerprint density at radius 2 is 2.00 bits per heavy atom. The monoisotopic (exact) mass is 412 g/mol. The SMILES string of the molecule is COc1ccn2nc(CCCCC(=O)CC(C)(O)C3CCCC3)c(C3CCC3)c2c1. The highest BCUT2D eigenvalue weighted by Gasteiger charge is 2.35. The largest absolute Gasteiger partial charge is 0.497 e. The minimum Gasteiger partial charge on any atom is -0.497 e. The van der Waals surface area contributed by atoms with E-state index in [2.05, 4.69) is 6.07 Å². The van der Waals surface area contributed by atoms with Crippen molar-refractivity contribution in [2.75, 3.05) is 7.11 Å². The highest BCUT2D eigenvalue weighted by Crippen LogP contribution is 2.41. The summed E-state index contributed by atoms with van der Waals surface area (Å²) in [6.07, 6.45) is 13.8. The summed E-state index contributed by atoms with van der Waals surface area (Å²) < 4.78 is 7.40. The number of unbranched alkanes of at least 4 members (excludes halogenated alkanes) is 1. The van der Waals surface area contributed by atoms with Crippen molar-refractivity contribution in [2.45, 2.75) is 95.5 Å². The molecule has 2 saturated carbocycles. The van der Waals surface area contributed by atoms with Crippen molar-refractivity contribution in [3.8, 4) is 5.75 Å². The number of aliphatic hydroxyl groups is 1. The van der Waals surface area contributed by atoms with Crippen molar-refractivity contribution in [2.24, 2.45) is 5.92 Å². The molecule has 1 atom stereocenters. The van der Waals surface area contributed by atoms with Gasteiger partial charge in [0.25, 0.3) is 0 Å². The van der Waals surface area contributed by atoms with Crippen LogP contribution in [0.2, 0.25) is 0 Å². The minimum atomic E-state index is -0.828. The average Bonchev–Trinajstić information content (AvgIpc) is 3.33. The Morgan fingerprint density at radius 3 is 2.67 bits per heavy atom. The quantitative estimate of drug-likeness (QED) is 0.543. The Labute approximate surface area is 179 Å². The second-order valence-corrected chi connectivity index (χ2v) is 9.65. The number of fused-ring (bicyclic) bond motifs is 1. The number of carbonyl (C=O) groups is 1. The molecule has 5 nitrogen and oxygen atoms in total. The molecule has 2 aliphatic rings. The lowest BCUT2D eigenvalue weighted by atomic mass is 9.78. The van der Waals surface area contributed by atoms with Crippen LogP contribution in [0.4, 0.5) is 0 Å². The van der Waals surface area contributed by atoms with Crippen LogP contribution in [0.25, 0.3) is 5.52 Å². The first-order chi connectivity index (χ1) is 14.5. The highest BCUT2D eigenvalue weighted by molar-refractivity contribution is 5.79. The van der Waals surface area contributed by atoms with Gasteiger partial charge in [0.05, 0.1) is 23.9 Å². The normalized spacial score (nSPS) is 19.7. The second kappa shape index (κ2) is 9.09. The van der Waals surface area contributed by atoms with Gasteiger partial charge in [0, 0.05) is 30.7 Å². The third-order valence-electron chi connectivity index (χ3n) is 7.38. The zero-order valence-corrected chi connectivity index (χ0v) is 18.5. The van der Waals surface area contributed by atoms with Gasteiger partial charge in [-0.05, 0) is 69.8 Å². The van der Waals surface area contributed by atoms with Crippen LogP contribution >= 0.6 is 0 Å². The van der Waals surface area contributed by atoms with E-state index in [1.165, 1.54) is 43.4 Å². The molecule has 30 heavy (non-hydrogen) atoms. The zero-order valence-electron chi connectivity index (χ0n) is 18.5. The molecule has 1 unspecified atom stereocenters. The first-order valence-electron chi connectivity index (χ1n) is 11.8. The predicted molar refractivity (Wildman–Crippen MR) is 118 cm³/mol. The Kier molecular flexibility index (Phi) is 6.47. The summed E-state index contributed by atoms with van der Waals surface area (Å²) in [5.74, 6) is 1.97. The summed E-state index contributed by atoms with van der Waals surface area (Å²) in [5, 5.41) is 15.6. The number of methoxy groups -OCH3 is 1. The summed E-state index contributed by atoms with van der Waals surface area (Å²) >= 11 is 0. The number of nitrogens with zero attached hydrogens (tertiary/aromatic N) is 2. The fraction of sp³-hybridized carbons (Fsp3) is 0.680. The Bertz CT molecular complexity index is 876. The van der Waals surface area contributed by atoms with Gasteiger partial charge in [-0.1, -0.05) is 19.3 Å². The Morgan fingerprint density at radius 1 is 1.23 bits per heavy atom. The molecule has 0 amide bonds. The topological polar surface area (TPSA) is 63.8 Å². The van der Waals surface area contributed by atoms with Crippen LogP contribution in [0.3, 0.4) is 0 Å². The molecule has 164 valence electrons. The molecule has 0 bridgehead atoms. The third-order valence-corrected chi connectivity index (χ3v) is 7.38. The lowest BCUT2D eigenvalue weighted by molar-refractivity contribution is -0.125. The van der Waals surface area contributed by atoms with Gasteiger partial charge < -0.3 is 9.84 Å². The van der Waals surface area contributed by atoms with E-state index in [9.17, 15) is 9.90 Å². The summed E-state index contributed by atoms with van der Waals surface area (Å²) in [5.41, 5.74) is 2.90. The number of aromatic nitrogens is 2. The van der Waals surface area contributed by atoms with Crippen molar-refractivity contribution in [3.63, 3.8) is 0 Å². The van der Waals surface area contributed by atoms with E-state index >= 15 is 0 Å². The van der Waals surface area contributed by atoms with Crippen molar-refractivity contribution < 1.29 is 14.6 Å². The van der Waals surface area contributed by atoms with E-state index in [0.717, 1.165) is 43.4 Å². The van der Waals surface area contributed by atoms with E-state index in [1.807, 2.05) is 23.7 Å². The smallest absolute Gasteiger partial charge is 0.135 e. The first-order valence-corrected chi connectivity index (χ1v) is 11.8. The summed E-state index contributed by atoms with van der Waals surface area (Å²) in [4.78, 5) is 12.5. The molecule has 5 heteroatoms. The van der Waals surface area contributed by atoms with Crippen molar-refractivity contribution >= 4 is 11.3 Å². The predicted octanol–water partition coefficient (Wildman–Crippen LogP) is 5.22. The molecule has 0 spiro atoms. The fourth-order valence-corrected chi connectivity index (χ4v) is 5.34. The lowest BCUT2D eigenvalue weighted by Crippen LogP contribution is -2.35. The molecule has 2 aliphatic carbocycles. The van der Waals surface area contributed by atoms with Crippen molar-refractivity contribution in [1.29, 1.82) is 0 Å².